The van der Waals surface area contributed by atoms with Gasteiger partial charge in [-0.2, -0.15) is 0 Å². The molecule has 0 aromatic heterocycles. The third kappa shape index (κ3) is 45.7. The summed E-state index contributed by atoms with van der Waals surface area (Å²) < 4.78 is 94.2. The molecule has 2 heterocycles. The molecule has 2 aromatic rings. The van der Waals surface area contributed by atoms with Gasteiger partial charge in [0, 0.05) is 54.5 Å². The van der Waals surface area contributed by atoms with E-state index in [0.29, 0.717) is 65.6 Å². The molecule has 103 heavy (non-hydrogen) atoms. The van der Waals surface area contributed by atoms with Crippen LogP contribution < -0.4 is 92.6 Å². The van der Waals surface area contributed by atoms with E-state index in [2.05, 4.69) is 27.7 Å². The van der Waals surface area contributed by atoms with E-state index in [4.69, 9.17) is 60.7 Å². The first-order valence-electron chi connectivity index (χ1n) is 38.0. The van der Waals surface area contributed by atoms with Gasteiger partial charge in [-0.15, -0.1) is 0 Å². The van der Waals surface area contributed by atoms with Crippen LogP contribution in [-0.2, 0) is 65.4 Å². The van der Waals surface area contributed by atoms with Crippen LogP contribution in [0.4, 0.5) is 0 Å². The van der Waals surface area contributed by atoms with Crippen molar-refractivity contribution < 1.29 is 168 Å². The fraction of sp³-hybridized carbons (Fsp3) is 0.763. The Balaban J connectivity index is 0.00000162. The average molecular weight is 1520 g/mol. The first-order chi connectivity index (χ1) is 48.7. The molecule has 0 spiro atoms. The van der Waals surface area contributed by atoms with Crippen LogP contribution in [0.3, 0.4) is 0 Å². The minimum atomic E-state index is -5.20. The van der Waals surface area contributed by atoms with Crippen LogP contribution in [0.25, 0.3) is 11.6 Å². The molecule has 2 N–H and O–H groups in total. The summed E-state index contributed by atoms with van der Waals surface area (Å²) in [7, 11) is -5.68. The summed E-state index contributed by atoms with van der Waals surface area (Å²) in [5, 5.41) is 21.4. The molecule has 0 aliphatic carbocycles. The Kier molecular flexibility index (Phi) is 57.3. The number of phosphoric ester groups is 2. The van der Waals surface area contributed by atoms with E-state index >= 15 is 0 Å². The van der Waals surface area contributed by atoms with Gasteiger partial charge in [0.1, 0.15) is 36.6 Å². The van der Waals surface area contributed by atoms with Gasteiger partial charge in [-0.05, 0) is 50.0 Å². The van der Waals surface area contributed by atoms with Crippen molar-refractivity contribution in [3.63, 3.8) is 0 Å². The maximum atomic E-state index is 12.8. The van der Waals surface area contributed by atoms with Gasteiger partial charge in [0.25, 0.3) is 21.4 Å². The first kappa shape index (κ1) is 98.2. The van der Waals surface area contributed by atoms with E-state index in [0.717, 1.165) is 108 Å². The normalized spacial score (nSPS) is 15.5. The third-order valence-electron chi connectivity index (χ3n) is 17.5. The van der Waals surface area contributed by atoms with Crippen LogP contribution in [0.15, 0.2) is 30.3 Å². The van der Waals surface area contributed by atoms with Crippen LogP contribution in [-0.4, -0.2) is 126 Å². The van der Waals surface area contributed by atoms with Gasteiger partial charge >= 0.3 is 83.0 Å². The summed E-state index contributed by atoms with van der Waals surface area (Å²) in [6.45, 7) is 4.33. The Morgan fingerprint density at radius 1 is 0.456 bits per heavy atom. The minimum absolute atomic E-state index is 0. The Morgan fingerprint density at radius 2 is 0.796 bits per heavy atom. The standard InChI is InChI=1S/C57H110O17P2.C19H18O6.2Na/c1-5-9-13-17-21-25-29-33-37-41-54(59)67-47-52(73-56(61)43-39-35-31-27-23-19-15-11-7-3)49-71-75(63,64)69-45-51(58)46-70-76(65,66)72-50-53(74-57(62)44-40-36-32-28-24-20-16-12-8-4)48-68-55(60)42-38-34-30-26-22-18-14-10-6-2;1-21-12-5-4-11-6-14-13-8-17(22-2)18(23-3)9-16(13)24-10-19(14,20)25-15(11)7-12;;/h51-53,58H,5-50H2,1-4H3,(H,63,64)(H,65,66);4-9,20H,10H2,1-3H3;;/q;;2*+1/p-2. The molecule has 23 nitrogen and oxygen atoms in total. The van der Waals surface area contributed by atoms with Crippen LogP contribution in [0.2, 0.25) is 0 Å². The van der Waals surface area contributed by atoms with Gasteiger partial charge in [0.15, 0.2) is 30.3 Å². The number of fused-ring (bicyclic) bond motifs is 4. The molecule has 27 heteroatoms. The van der Waals surface area contributed by atoms with Gasteiger partial charge in [-0.1, -0.05) is 233 Å². The van der Waals surface area contributed by atoms with Crippen molar-refractivity contribution in [3.8, 4) is 28.7 Å². The Labute approximate surface area is 660 Å². The number of aliphatic hydroxyl groups excluding tert-OH is 1. The van der Waals surface area contributed by atoms with Gasteiger partial charge in [-0.25, -0.2) is 0 Å². The zero-order valence-corrected chi connectivity index (χ0v) is 70.1. The second kappa shape index (κ2) is 60.1. The van der Waals surface area contributed by atoms with E-state index in [1.54, 1.807) is 39.5 Å². The molecular weight excluding hydrogens is 1390 g/mol. The number of carbonyl (C=O) groups excluding carboxylic acids is 4. The molecule has 0 amide bonds. The van der Waals surface area contributed by atoms with E-state index in [1.165, 1.54) is 103 Å². The Bertz CT molecular complexity index is 2620. The van der Waals surface area contributed by atoms with Crippen LogP contribution in [0, 0.1) is 0 Å². The fourth-order valence-electron chi connectivity index (χ4n) is 11.5. The molecule has 0 radical (unpaired) electrons. The quantitative estimate of drug-likeness (QED) is 0.0204. The summed E-state index contributed by atoms with van der Waals surface area (Å²) in [6, 6.07) is 9.00. The van der Waals surface area contributed by atoms with Gasteiger partial charge < -0.3 is 80.7 Å². The summed E-state index contributed by atoms with van der Waals surface area (Å²) in [5.74, 6) is -0.902. The van der Waals surface area contributed by atoms with Crippen molar-refractivity contribution in [2.45, 2.75) is 309 Å². The SMILES string of the molecule is CCCCCCCCCCCC(=O)OCC(COP(=O)([O-])OCC(O)COP(=O)([O-])OCC(COC(=O)CCCCCCCCCCC)OC(=O)CCCCCCCCCCC)OC(=O)CCCCCCCCCCC.COc1ccc2c(c1)OC1(O)COc3cc(OC)c(OC)cc3C1=C2.[Na+].[Na+]. The molecule has 0 bridgehead atoms. The monoisotopic (exact) mass is 1510 g/mol. The van der Waals surface area contributed by atoms with Gasteiger partial charge in [0.05, 0.1) is 47.8 Å². The van der Waals surface area contributed by atoms with Crippen molar-refractivity contribution >= 4 is 51.2 Å². The number of aliphatic hydroxyl groups is 2. The average Bonchev–Trinajstić information content (AvgIpc) is 0.740. The van der Waals surface area contributed by atoms with E-state index < -0.39 is 103 Å². The molecule has 0 fully saturated rings. The number of ether oxygens (including phenoxy) is 9. The molecule has 5 unspecified atom stereocenters. The summed E-state index contributed by atoms with van der Waals surface area (Å²) in [4.78, 5) is 76.2. The molecule has 580 valence electrons. The summed E-state index contributed by atoms with van der Waals surface area (Å²) in [5.41, 5.74) is 2.17. The van der Waals surface area contributed by atoms with Crippen molar-refractivity contribution in [1.82, 2.24) is 0 Å². The largest absolute Gasteiger partial charge is 1.00 e. The summed E-state index contributed by atoms with van der Waals surface area (Å²) >= 11 is 0. The van der Waals surface area contributed by atoms with Crippen molar-refractivity contribution in [2.75, 3.05) is 67.6 Å². The van der Waals surface area contributed by atoms with Crippen LogP contribution in [0.5, 0.6) is 28.7 Å². The second-order valence-electron chi connectivity index (χ2n) is 26.5. The van der Waals surface area contributed by atoms with Crippen molar-refractivity contribution in [2.24, 2.45) is 0 Å². The maximum Gasteiger partial charge on any atom is 1.00 e. The summed E-state index contributed by atoms with van der Waals surface area (Å²) in [6.07, 6.45) is 36.1. The molecule has 4 rings (SSSR count). The van der Waals surface area contributed by atoms with Crippen molar-refractivity contribution in [3.05, 3.63) is 41.5 Å². The molecule has 2 aliphatic rings. The number of methoxy groups -OCH3 is 3. The predicted molar refractivity (Wildman–Crippen MR) is 386 cm³/mol. The minimum Gasteiger partial charge on any atom is -0.756 e. The zero-order valence-electron chi connectivity index (χ0n) is 64.3. The Morgan fingerprint density at radius 3 is 1.16 bits per heavy atom. The van der Waals surface area contributed by atoms with Crippen LogP contribution >= 0.6 is 15.6 Å². The second-order valence-corrected chi connectivity index (χ2v) is 29.3. The zero-order chi connectivity index (χ0) is 73.8. The van der Waals surface area contributed by atoms with E-state index in [1.807, 2.05) is 18.2 Å². The molecule has 5 atom stereocenters. The Hall–Kier alpha value is -2.80. The third-order valence-corrected chi connectivity index (χ3v) is 19.4. The number of rotatable bonds is 61. The van der Waals surface area contributed by atoms with E-state index in [-0.39, 0.29) is 91.4 Å². The molecular formula is C76H126Na2O23P2. The number of unbranched alkanes of at least 4 members (excludes halogenated alkanes) is 32. The maximum absolute atomic E-state index is 12.8. The van der Waals surface area contributed by atoms with Crippen LogP contribution in [0.1, 0.15) is 296 Å². The van der Waals surface area contributed by atoms with Gasteiger partial charge in [-0.3, -0.25) is 28.3 Å². The molecule has 2 aromatic carbocycles. The van der Waals surface area contributed by atoms with Crippen molar-refractivity contribution in [1.29, 1.82) is 0 Å². The predicted octanol–water partition coefficient (Wildman–Crippen LogP) is 10.7. The fourth-order valence-corrected chi connectivity index (χ4v) is 13.1. The molecule has 0 saturated carbocycles. The first-order valence-corrected chi connectivity index (χ1v) is 41.0. The van der Waals surface area contributed by atoms with Gasteiger partial charge in [0.2, 0.25) is 0 Å². The molecule has 0 saturated heterocycles. The number of carbonyl (C=O) groups is 4. The number of benzene rings is 2. The number of hydrogen-bond acceptors (Lipinski definition) is 23. The van der Waals surface area contributed by atoms with E-state index in [9.17, 15) is 48.3 Å². The molecule has 2 aliphatic heterocycles. The smallest absolute Gasteiger partial charge is 0.756 e. The number of esters is 4. The number of hydrogen-bond donors (Lipinski definition) is 2. The topological polar surface area (TPSA) is 309 Å². The number of phosphoric acid groups is 2.